The van der Waals surface area contributed by atoms with Crippen molar-refractivity contribution in [3.8, 4) is 0 Å². The second kappa shape index (κ2) is 7.61. The molecule has 0 aliphatic carbocycles. The zero-order valence-corrected chi connectivity index (χ0v) is 15.8. The van der Waals surface area contributed by atoms with Gasteiger partial charge >= 0.3 is 0 Å². The highest BCUT2D eigenvalue weighted by molar-refractivity contribution is 7.89. The molecule has 0 aromatic heterocycles. The lowest BCUT2D eigenvalue weighted by Gasteiger charge is -2.31. The molecule has 0 N–H and O–H groups in total. The van der Waals surface area contributed by atoms with E-state index in [4.69, 9.17) is 4.74 Å². The average Bonchev–Trinajstić information content (AvgIpc) is 2.69. The molecular formula is C15H21N3O6S2. The molecule has 2 aliphatic heterocycles. The number of hydrogen-bond donors (Lipinski definition) is 0. The highest BCUT2D eigenvalue weighted by Crippen LogP contribution is 2.22. The first kappa shape index (κ1) is 19.2. The van der Waals surface area contributed by atoms with Crippen LogP contribution in [0.3, 0.4) is 0 Å². The minimum absolute atomic E-state index is 0.0398. The minimum atomic E-state index is -3.72. The summed E-state index contributed by atoms with van der Waals surface area (Å²) in [5.74, 6) is 0. The number of hydrogen-bond acceptors (Lipinski definition) is 6. The lowest BCUT2D eigenvalue weighted by molar-refractivity contribution is -0.119. The Morgan fingerprint density at radius 3 is 1.58 bits per heavy atom. The largest absolute Gasteiger partial charge is 0.379 e. The van der Waals surface area contributed by atoms with Crippen LogP contribution in [-0.4, -0.2) is 89.2 Å². The molecule has 0 spiro atoms. The molecule has 11 heteroatoms. The molecule has 0 bridgehead atoms. The van der Waals surface area contributed by atoms with Gasteiger partial charge in [-0.3, -0.25) is 4.79 Å². The molecule has 0 radical (unpaired) electrons. The summed E-state index contributed by atoms with van der Waals surface area (Å²) >= 11 is 0. The number of ether oxygens (including phenoxy) is 1. The van der Waals surface area contributed by atoms with Gasteiger partial charge < -0.3 is 9.64 Å². The van der Waals surface area contributed by atoms with Crippen LogP contribution in [0.1, 0.15) is 0 Å². The van der Waals surface area contributed by atoms with Gasteiger partial charge in [0, 0.05) is 39.3 Å². The van der Waals surface area contributed by atoms with Gasteiger partial charge in [0.25, 0.3) is 0 Å². The fourth-order valence-electron chi connectivity index (χ4n) is 2.92. The Kier molecular flexibility index (Phi) is 5.63. The normalized spacial score (nSPS) is 20.8. The molecule has 1 amide bonds. The topological polar surface area (TPSA) is 104 Å². The first-order valence-corrected chi connectivity index (χ1v) is 11.1. The fourth-order valence-corrected chi connectivity index (χ4v) is 5.75. The van der Waals surface area contributed by atoms with E-state index in [0.29, 0.717) is 32.7 Å². The third-order valence-corrected chi connectivity index (χ3v) is 8.32. The fraction of sp³-hybridized carbons (Fsp3) is 0.533. The van der Waals surface area contributed by atoms with Gasteiger partial charge in [0.15, 0.2) is 0 Å². The third-order valence-electron chi connectivity index (χ3n) is 4.49. The van der Waals surface area contributed by atoms with Gasteiger partial charge in [-0.2, -0.15) is 8.61 Å². The van der Waals surface area contributed by atoms with Crippen LogP contribution in [0.2, 0.25) is 0 Å². The van der Waals surface area contributed by atoms with Gasteiger partial charge in [0.1, 0.15) is 0 Å². The van der Waals surface area contributed by atoms with Crippen LogP contribution >= 0.6 is 0 Å². The van der Waals surface area contributed by atoms with Crippen LogP contribution in [0, 0.1) is 0 Å². The Morgan fingerprint density at radius 1 is 0.731 bits per heavy atom. The summed E-state index contributed by atoms with van der Waals surface area (Å²) in [6.45, 7) is 2.37. The summed E-state index contributed by atoms with van der Waals surface area (Å²) in [7, 11) is -7.38. The van der Waals surface area contributed by atoms with Gasteiger partial charge in [-0.1, -0.05) is 0 Å². The first-order chi connectivity index (χ1) is 12.4. The molecule has 2 heterocycles. The van der Waals surface area contributed by atoms with E-state index in [9.17, 15) is 21.6 Å². The second-order valence-corrected chi connectivity index (χ2v) is 9.91. The van der Waals surface area contributed by atoms with E-state index < -0.39 is 20.0 Å². The summed E-state index contributed by atoms with van der Waals surface area (Å²) in [6.07, 6.45) is 0.704. The van der Waals surface area contributed by atoms with Gasteiger partial charge in [0.05, 0.1) is 23.0 Å². The van der Waals surface area contributed by atoms with Crippen molar-refractivity contribution in [2.75, 3.05) is 52.5 Å². The zero-order chi connectivity index (χ0) is 18.8. The Bertz CT molecular complexity index is 840. The SMILES string of the molecule is O=CN1CCN(S(=O)(=O)c2ccc(S(=O)(=O)N3CCOCC3)cc2)CC1. The van der Waals surface area contributed by atoms with Crippen molar-refractivity contribution in [3.05, 3.63) is 24.3 Å². The number of rotatable bonds is 5. The van der Waals surface area contributed by atoms with E-state index in [2.05, 4.69) is 0 Å². The minimum Gasteiger partial charge on any atom is -0.379 e. The summed E-state index contributed by atoms with van der Waals surface area (Å²) in [4.78, 5) is 12.4. The van der Waals surface area contributed by atoms with Crippen molar-refractivity contribution in [1.82, 2.24) is 13.5 Å². The number of benzene rings is 1. The number of sulfonamides is 2. The summed E-state index contributed by atoms with van der Waals surface area (Å²) in [5.41, 5.74) is 0. The zero-order valence-electron chi connectivity index (χ0n) is 14.2. The van der Waals surface area contributed by atoms with Crippen molar-refractivity contribution in [2.24, 2.45) is 0 Å². The second-order valence-electron chi connectivity index (χ2n) is 6.03. The monoisotopic (exact) mass is 403 g/mol. The van der Waals surface area contributed by atoms with Gasteiger partial charge in [-0.15, -0.1) is 0 Å². The third kappa shape index (κ3) is 3.76. The van der Waals surface area contributed by atoms with Crippen molar-refractivity contribution in [2.45, 2.75) is 9.79 Å². The van der Waals surface area contributed by atoms with Gasteiger partial charge in [-0.05, 0) is 24.3 Å². The maximum atomic E-state index is 12.7. The van der Waals surface area contributed by atoms with Crippen LogP contribution in [-0.2, 0) is 29.6 Å². The molecule has 3 rings (SSSR count). The lowest BCUT2D eigenvalue weighted by atomic mass is 10.4. The number of carbonyl (C=O) groups excluding carboxylic acids is 1. The molecule has 9 nitrogen and oxygen atoms in total. The maximum absolute atomic E-state index is 12.7. The summed E-state index contributed by atoms with van der Waals surface area (Å²) in [6, 6.07) is 5.27. The molecule has 0 unspecified atom stereocenters. The van der Waals surface area contributed by atoms with E-state index in [-0.39, 0.29) is 36.0 Å². The summed E-state index contributed by atoms with van der Waals surface area (Å²) < 4.78 is 58.4. The van der Waals surface area contributed by atoms with Crippen molar-refractivity contribution in [3.63, 3.8) is 0 Å². The Balaban J connectivity index is 1.77. The van der Waals surface area contributed by atoms with E-state index in [1.54, 1.807) is 0 Å². The number of piperazine rings is 1. The molecule has 2 aliphatic rings. The van der Waals surface area contributed by atoms with Crippen LogP contribution in [0.25, 0.3) is 0 Å². The molecule has 1 aromatic rings. The van der Waals surface area contributed by atoms with E-state index >= 15 is 0 Å². The molecule has 2 fully saturated rings. The van der Waals surface area contributed by atoms with Crippen LogP contribution in [0.15, 0.2) is 34.1 Å². The van der Waals surface area contributed by atoms with Gasteiger partial charge in [-0.25, -0.2) is 16.8 Å². The molecule has 0 atom stereocenters. The van der Waals surface area contributed by atoms with E-state index in [1.807, 2.05) is 0 Å². The number of amides is 1. The Morgan fingerprint density at radius 2 is 1.15 bits per heavy atom. The molecule has 26 heavy (non-hydrogen) atoms. The lowest BCUT2D eigenvalue weighted by Crippen LogP contribution is -2.47. The molecule has 0 saturated carbocycles. The molecule has 2 saturated heterocycles. The van der Waals surface area contributed by atoms with Crippen LogP contribution < -0.4 is 0 Å². The smallest absolute Gasteiger partial charge is 0.243 e. The van der Waals surface area contributed by atoms with Crippen molar-refractivity contribution in [1.29, 1.82) is 0 Å². The molecular weight excluding hydrogens is 382 g/mol. The molecule has 1 aromatic carbocycles. The maximum Gasteiger partial charge on any atom is 0.243 e. The standard InChI is InChI=1S/C15H21N3O6S2/c19-13-16-5-7-17(8-6-16)25(20,21)14-1-3-15(4-2-14)26(22,23)18-9-11-24-12-10-18/h1-4,13H,5-12H2. The highest BCUT2D eigenvalue weighted by atomic mass is 32.2. The Labute approximate surface area is 153 Å². The van der Waals surface area contributed by atoms with Gasteiger partial charge in [0.2, 0.25) is 26.5 Å². The number of carbonyl (C=O) groups is 1. The highest BCUT2D eigenvalue weighted by Gasteiger charge is 2.30. The average molecular weight is 403 g/mol. The Hall–Kier alpha value is -1.53. The predicted molar refractivity (Wildman–Crippen MR) is 92.4 cm³/mol. The van der Waals surface area contributed by atoms with E-state index in [0.717, 1.165) is 0 Å². The summed E-state index contributed by atoms with van der Waals surface area (Å²) in [5, 5.41) is 0. The van der Waals surface area contributed by atoms with Crippen molar-refractivity contribution < 1.29 is 26.4 Å². The van der Waals surface area contributed by atoms with Crippen LogP contribution in [0.4, 0.5) is 0 Å². The predicted octanol–water partition coefficient (Wildman–Crippen LogP) is -0.830. The quantitative estimate of drug-likeness (QED) is 0.595. The number of morpholine rings is 1. The van der Waals surface area contributed by atoms with Crippen LogP contribution in [0.5, 0.6) is 0 Å². The van der Waals surface area contributed by atoms with E-state index in [1.165, 1.54) is 37.8 Å². The number of nitrogens with zero attached hydrogens (tertiary/aromatic N) is 3. The first-order valence-electron chi connectivity index (χ1n) is 8.23. The van der Waals surface area contributed by atoms with Crippen molar-refractivity contribution >= 4 is 26.5 Å². The molecule has 144 valence electrons.